The molecule has 0 spiro atoms. The Morgan fingerprint density at radius 2 is 1.29 bits per heavy atom. The van der Waals surface area contributed by atoms with Crippen LogP contribution in [0.1, 0.15) is 56.2 Å². The molecule has 164 valence electrons. The molecule has 0 bridgehead atoms. The third-order valence-electron chi connectivity index (χ3n) is 5.25. The topological polar surface area (TPSA) is 57.6 Å². The Hall–Kier alpha value is -2.31. The molecule has 1 N–H and O–H groups in total. The summed E-state index contributed by atoms with van der Waals surface area (Å²) in [6, 6.07) is 17.6. The summed E-state index contributed by atoms with van der Waals surface area (Å²) in [7, 11) is -3.90. The highest BCUT2D eigenvalue weighted by molar-refractivity contribution is 9.10. The van der Waals surface area contributed by atoms with Crippen molar-refractivity contribution in [2.75, 3.05) is 4.31 Å². The smallest absolute Gasteiger partial charge is 0.268 e. The molecule has 3 rings (SSSR count). The first-order chi connectivity index (χ1) is 14.5. The monoisotopic (exact) mass is 501 g/mol. The number of aryl methyl sites for hydroxylation is 1. The summed E-state index contributed by atoms with van der Waals surface area (Å²) in [5, 5.41) is 10.8. The SMILES string of the molecule is Cc1ccc(S(=O)(=O)N(c2ccc(Br)cc2)c2cc(C(C)C)c(O)c(C(C)C)c2)cc1. The molecule has 0 aliphatic heterocycles. The van der Waals surface area contributed by atoms with E-state index in [2.05, 4.69) is 15.9 Å². The van der Waals surface area contributed by atoms with Crippen molar-refractivity contribution in [2.24, 2.45) is 0 Å². The number of hydrogen-bond donors (Lipinski definition) is 1. The molecule has 4 nitrogen and oxygen atoms in total. The summed E-state index contributed by atoms with van der Waals surface area (Å²) in [5.74, 6) is 0.301. The number of benzene rings is 3. The van der Waals surface area contributed by atoms with E-state index in [1.807, 2.05) is 46.8 Å². The number of phenolic OH excluding ortho intramolecular Hbond substituents is 1. The number of sulfonamides is 1. The van der Waals surface area contributed by atoms with Crippen LogP contribution in [0.3, 0.4) is 0 Å². The highest BCUT2D eigenvalue weighted by atomic mass is 79.9. The second-order valence-electron chi connectivity index (χ2n) is 8.34. The van der Waals surface area contributed by atoms with E-state index in [9.17, 15) is 13.5 Å². The third kappa shape index (κ3) is 4.80. The third-order valence-corrected chi connectivity index (χ3v) is 7.55. The number of rotatable bonds is 6. The van der Waals surface area contributed by atoms with Gasteiger partial charge in [0, 0.05) is 4.47 Å². The first kappa shape index (κ1) is 23.4. The molecular weight excluding hydrogens is 474 g/mol. The fourth-order valence-corrected chi connectivity index (χ4v) is 5.22. The summed E-state index contributed by atoms with van der Waals surface area (Å²) in [6.45, 7) is 9.87. The van der Waals surface area contributed by atoms with E-state index >= 15 is 0 Å². The zero-order chi connectivity index (χ0) is 22.9. The fourth-order valence-electron chi connectivity index (χ4n) is 3.48. The highest BCUT2D eigenvalue weighted by Gasteiger charge is 2.29. The normalized spacial score (nSPS) is 11.9. The minimum absolute atomic E-state index is 0.0336. The van der Waals surface area contributed by atoms with Crippen LogP contribution in [-0.2, 0) is 10.0 Å². The van der Waals surface area contributed by atoms with Crippen LogP contribution in [0.25, 0.3) is 0 Å². The number of nitrogens with zero attached hydrogens (tertiary/aromatic N) is 1. The fraction of sp³-hybridized carbons (Fsp3) is 0.280. The van der Waals surface area contributed by atoms with Gasteiger partial charge >= 0.3 is 0 Å². The molecule has 0 unspecified atom stereocenters. The predicted octanol–water partition coefficient (Wildman–Crippen LogP) is 7.24. The molecule has 0 heterocycles. The zero-order valence-corrected chi connectivity index (χ0v) is 20.8. The van der Waals surface area contributed by atoms with Crippen LogP contribution in [0.5, 0.6) is 5.75 Å². The molecule has 0 saturated heterocycles. The number of aromatic hydroxyl groups is 1. The minimum Gasteiger partial charge on any atom is -0.507 e. The number of halogens is 1. The largest absolute Gasteiger partial charge is 0.507 e. The summed E-state index contributed by atoms with van der Waals surface area (Å²) in [5.41, 5.74) is 3.47. The summed E-state index contributed by atoms with van der Waals surface area (Å²) >= 11 is 3.42. The van der Waals surface area contributed by atoms with Crippen molar-refractivity contribution in [3.05, 3.63) is 81.8 Å². The van der Waals surface area contributed by atoms with Crippen LogP contribution in [0.15, 0.2) is 70.0 Å². The van der Waals surface area contributed by atoms with Gasteiger partial charge in [-0.3, -0.25) is 0 Å². The first-order valence-corrected chi connectivity index (χ1v) is 12.5. The van der Waals surface area contributed by atoms with Gasteiger partial charge in [0.1, 0.15) is 5.75 Å². The van der Waals surface area contributed by atoms with Gasteiger partial charge in [0.25, 0.3) is 10.0 Å². The maximum Gasteiger partial charge on any atom is 0.268 e. The van der Waals surface area contributed by atoms with Gasteiger partial charge in [-0.2, -0.15) is 0 Å². The Labute approximate surface area is 193 Å². The Bertz CT molecular complexity index is 1140. The van der Waals surface area contributed by atoms with Gasteiger partial charge in [-0.15, -0.1) is 0 Å². The molecule has 3 aromatic carbocycles. The molecule has 0 aliphatic rings. The van der Waals surface area contributed by atoms with Gasteiger partial charge in [-0.05, 0) is 78.4 Å². The van der Waals surface area contributed by atoms with Crippen LogP contribution in [-0.4, -0.2) is 13.5 Å². The van der Waals surface area contributed by atoms with Crippen molar-refractivity contribution in [1.29, 1.82) is 0 Å². The van der Waals surface area contributed by atoms with E-state index < -0.39 is 10.0 Å². The molecule has 0 fully saturated rings. The van der Waals surface area contributed by atoms with E-state index in [4.69, 9.17) is 0 Å². The Kier molecular flexibility index (Phi) is 6.82. The quantitative estimate of drug-likeness (QED) is 0.387. The maximum absolute atomic E-state index is 13.8. The second-order valence-corrected chi connectivity index (χ2v) is 11.0. The van der Waals surface area contributed by atoms with E-state index in [1.165, 1.54) is 4.31 Å². The standard InChI is InChI=1S/C25H28BrNO3S/c1-16(2)23-14-21(15-24(17(3)4)25(23)28)27(20-10-8-19(26)9-11-20)31(29,30)22-12-6-18(5)7-13-22/h6-17,28H,1-5H3. The van der Waals surface area contributed by atoms with Gasteiger partial charge in [0.2, 0.25) is 0 Å². The molecule has 0 atom stereocenters. The average molecular weight is 502 g/mol. The summed E-state index contributed by atoms with van der Waals surface area (Å²) < 4.78 is 29.9. The Morgan fingerprint density at radius 1 is 0.806 bits per heavy atom. The van der Waals surface area contributed by atoms with Crippen LogP contribution in [0.4, 0.5) is 11.4 Å². The van der Waals surface area contributed by atoms with Gasteiger partial charge < -0.3 is 5.11 Å². The van der Waals surface area contributed by atoms with Crippen LogP contribution >= 0.6 is 15.9 Å². The van der Waals surface area contributed by atoms with E-state index in [0.29, 0.717) is 11.4 Å². The number of anilines is 2. The van der Waals surface area contributed by atoms with Gasteiger partial charge in [-0.1, -0.05) is 61.3 Å². The van der Waals surface area contributed by atoms with Crippen molar-refractivity contribution in [2.45, 2.75) is 51.3 Å². The zero-order valence-electron chi connectivity index (χ0n) is 18.4. The molecule has 0 aromatic heterocycles. The van der Waals surface area contributed by atoms with Gasteiger partial charge in [0.05, 0.1) is 16.3 Å². The molecule has 0 saturated carbocycles. The van der Waals surface area contributed by atoms with Crippen LogP contribution in [0, 0.1) is 6.92 Å². The highest BCUT2D eigenvalue weighted by Crippen LogP contribution is 2.41. The lowest BCUT2D eigenvalue weighted by molar-refractivity contribution is 0.454. The Morgan fingerprint density at radius 3 is 1.74 bits per heavy atom. The molecule has 31 heavy (non-hydrogen) atoms. The van der Waals surface area contributed by atoms with Gasteiger partial charge in [-0.25, -0.2) is 12.7 Å². The number of phenols is 1. The van der Waals surface area contributed by atoms with Crippen molar-refractivity contribution >= 4 is 37.3 Å². The molecule has 0 amide bonds. The van der Waals surface area contributed by atoms with Crippen molar-refractivity contribution in [1.82, 2.24) is 0 Å². The molecule has 6 heteroatoms. The lowest BCUT2D eigenvalue weighted by Crippen LogP contribution is -2.26. The maximum atomic E-state index is 13.8. The van der Waals surface area contributed by atoms with Gasteiger partial charge in [0.15, 0.2) is 0 Å². The Balaban J connectivity index is 2.32. The number of hydrogen-bond acceptors (Lipinski definition) is 3. The second kappa shape index (κ2) is 9.05. The lowest BCUT2D eigenvalue weighted by atomic mass is 9.93. The average Bonchev–Trinajstić information content (AvgIpc) is 2.70. The lowest BCUT2D eigenvalue weighted by Gasteiger charge is -2.27. The van der Waals surface area contributed by atoms with E-state index in [-0.39, 0.29) is 22.5 Å². The summed E-state index contributed by atoms with van der Waals surface area (Å²) in [4.78, 5) is 0.214. The minimum atomic E-state index is -3.90. The molecule has 0 radical (unpaired) electrons. The van der Waals surface area contributed by atoms with E-state index in [1.54, 1.807) is 48.5 Å². The van der Waals surface area contributed by atoms with Crippen molar-refractivity contribution in [3.63, 3.8) is 0 Å². The van der Waals surface area contributed by atoms with Crippen molar-refractivity contribution < 1.29 is 13.5 Å². The van der Waals surface area contributed by atoms with E-state index in [0.717, 1.165) is 21.2 Å². The predicted molar refractivity (Wildman–Crippen MR) is 131 cm³/mol. The first-order valence-electron chi connectivity index (χ1n) is 10.3. The summed E-state index contributed by atoms with van der Waals surface area (Å²) in [6.07, 6.45) is 0. The molecule has 3 aromatic rings. The van der Waals surface area contributed by atoms with Crippen LogP contribution in [0.2, 0.25) is 0 Å². The van der Waals surface area contributed by atoms with Crippen LogP contribution < -0.4 is 4.31 Å². The molecular formula is C25H28BrNO3S. The van der Waals surface area contributed by atoms with Crippen molar-refractivity contribution in [3.8, 4) is 5.75 Å². The molecule has 0 aliphatic carbocycles.